The van der Waals surface area contributed by atoms with Gasteiger partial charge < -0.3 is 15.0 Å². The number of aryl methyl sites for hydroxylation is 1. The fourth-order valence-corrected chi connectivity index (χ4v) is 5.68. The molecule has 0 aliphatic carbocycles. The van der Waals surface area contributed by atoms with Crippen molar-refractivity contribution in [3.63, 3.8) is 0 Å². The number of rotatable bonds is 13. The van der Waals surface area contributed by atoms with Crippen LogP contribution in [0.15, 0.2) is 77.7 Å². The van der Waals surface area contributed by atoms with E-state index in [1.165, 1.54) is 17.0 Å². The molecular weight excluding hydrogens is 562 g/mol. The minimum absolute atomic E-state index is 0.0361. The van der Waals surface area contributed by atoms with E-state index in [1.807, 2.05) is 20.8 Å². The van der Waals surface area contributed by atoms with Crippen molar-refractivity contribution < 1.29 is 22.7 Å². The first-order valence-corrected chi connectivity index (χ1v) is 15.4. The monoisotopic (exact) mass is 599 g/mol. The quantitative estimate of drug-likeness (QED) is 0.277. The molecule has 0 heterocycles. The van der Waals surface area contributed by atoms with E-state index in [0.717, 1.165) is 21.9 Å². The Labute approximate surface area is 248 Å². The van der Waals surface area contributed by atoms with E-state index in [0.29, 0.717) is 17.4 Å². The summed E-state index contributed by atoms with van der Waals surface area (Å²) in [6.07, 6.45) is 0.723. The minimum atomic E-state index is -4.20. The Morgan fingerprint density at radius 3 is 2.20 bits per heavy atom. The Kier molecular flexibility index (Phi) is 11.2. The highest BCUT2D eigenvalue weighted by Crippen LogP contribution is 2.33. The Morgan fingerprint density at radius 2 is 1.59 bits per heavy atom. The van der Waals surface area contributed by atoms with Crippen LogP contribution in [0.3, 0.4) is 0 Å². The standard InChI is InChI=1S/C31H38ClN3O5S/c1-6-23(4)33-31(37)24(5)34(20-25-14-16-26(32)17-15-25)30(36)21-35(28-10-8-9-11-29(28)40-7-2)41(38,39)27-18-12-22(3)13-19-27/h8-19,23-24H,6-7,20-21H2,1-5H3,(H,33,37)/t23-,24-/m0/s1. The predicted molar refractivity (Wildman–Crippen MR) is 163 cm³/mol. The third-order valence-corrected chi connectivity index (χ3v) is 8.78. The Bertz CT molecular complexity index is 1430. The van der Waals surface area contributed by atoms with E-state index in [1.54, 1.807) is 74.5 Å². The fourth-order valence-electron chi connectivity index (χ4n) is 4.13. The molecule has 220 valence electrons. The van der Waals surface area contributed by atoms with Crippen LogP contribution in [-0.4, -0.2) is 50.4 Å². The van der Waals surface area contributed by atoms with Gasteiger partial charge >= 0.3 is 0 Å². The van der Waals surface area contributed by atoms with E-state index in [4.69, 9.17) is 16.3 Å². The maximum Gasteiger partial charge on any atom is 0.264 e. The molecule has 0 fully saturated rings. The summed E-state index contributed by atoms with van der Waals surface area (Å²) >= 11 is 6.06. The lowest BCUT2D eigenvalue weighted by Gasteiger charge is -2.33. The SMILES string of the molecule is CCOc1ccccc1N(CC(=O)N(Cc1ccc(Cl)cc1)[C@@H](C)C(=O)N[C@@H](C)CC)S(=O)(=O)c1ccc(C)cc1. The number of amides is 2. The van der Waals surface area contributed by atoms with Gasteiger partial charge in [-0.15, -0.1) is 0 Å². The van der Waals surface area contributed by atoms with Crippen LogP contribution < -0.4 is 14.4 Å². The zero-order chi connectivity index (χ0) is 30.2. The highest BCUT2D eigenvalue weighted by molar-refractivity contribution is 7.92. The minimum Gasteiger partial charge on any atom is -0.492 e. The number of carbonyl (C=O) groups is 2. The van der Waals surface area contributed by atoms with Crippen LogP contribution in [0.25, 0.3) is 0 Å². The molecule has 8 nitrogen and oxygen atoms in total. The second-order valence-electron chi connectivity index (χ2n) is 9.87. The Hall–Kier alpha value is -3.56. The molecule has 0 spiro atoms. The first-order chi connectivity index (χ1) is 19.5. The summed E-state index contributed by atoms with van der Waals surface area (Å²) in [6, 6.07) is 19.1. The maximum absolute atomic E-state index is 14.1. The molecule has 0 aliphatic heterocycles. The van der Waals surface area contributed by atoms with Crippen LogP contribution >= 0.6 is 11.6 Å². The molecule has 0 bridgehead atoms. The molecule has 3 aromatic rings. The molecule has 0 saturated carbocycles. The van der Waals surface area contributed by atoms with Crippen LogP contribution in [0.2, 0.25) is 5.02 Å². The Morgan fingerprint density at radius 1 is 0.951 bits per heavy atom. The van der Waals surface area contributed by atoms with Crippen molar-refractivity contribution in [1.82, 2.24) is 10.2 Å². The molecule has 0 radical (unpaired) electrons. The molecular formula is C31H38ClN3O5S. The van der Waals surface area contributed by atoms with Crippen LogP contribution in [0.1, 0.15) is 45.2 Å². The fraction of sp³-hybridized carbons (Fsp3) is 0.355. The van der Waals surface area contributed by atoms with Gasteiger partial charge in [0.15, 0.2) is 0 Å². The van der Waals surface area contributed by atoms with E-state index < -0.39 is 28.5 Å². The number of ether oxygens (including phenoxy) is 1. The highest BCUT2D eigenvalue weighted by atomic mass is 35.5. The van der Waals surface area contributed by atoms with Gasteiger partial charge in [0, 0.05) is 17.6 Å². The van der Waals surface area contributed by atoms with Gasteiger partial charge in [-0.25, -0.2) is 8.42 Å². The van der Waals surface area contributed by atoms with E-state index in [2.05, 4.69) is 5.32 Å². The molecule has 3 aromatic carbocycles. The number of hydrogen-bond donors (Lipinski definition) is 1. The van der Waals surface area contributed by atoms with Crippen molar-refractivity contribution in [1.29, 1.82) is 0 Å². The number of halogens is 1. The molecule has 3 rings (SSSR count). The summed E-state index contributed by atoms with van der Waals surface area (Å²) < 4.78 is 34.9. The molecule has 10 heteroatoms. The van der Waals surface area contributed by atoms with E-state index >= 15 is 0 Å². The molecule has 0 aromatic heterocycles. The number of para-hydroxylation sites is 2. The number of hydrogen-bond acceptors (Lipinski definition) is 5. The lowest BCUT2D eigenvalue weighted by Crippen LogP contribution is -2.52. The second-order valence-corrected chi connectivity index (χ2v) is 12.2. The summed E-state index contributed by atoms with van der Waals surface area (Å²) in [5, 5.41) is 3.46. The Balaban J connectivity index is 2.07. The number of carbonyl (C=O) groups excluding carboxylic acids is 2. The van der Waals surface area contributed by atoms with Gasteiger partial charge in [-0.1, -0.05) is 60.5 Å². The maximum atomic E-state index is 14.1. The normalized spacial score (nSPS) is 12.7. The molecule has 0 saturated heterocycles. The topological polar surface area (TPSA) is 96.0 Å². The summed E-state index contributed by atoms with van der Waals surface area (Å²) in [6.45, 7) is 8.98. The van der Waals surface area contributed by atoms with Crippen LogP contribution in [-0.2, 0) is 26.2 Å². The van der Waals surface area contributed by atoms with Gasteiger partial charge in [0.25, 0.3) is 10.0 Å². The average Bonchev–Trinajstić information content (AvgIpc) is 2.95. The van der Waals surface area contributed by atoms with Crippen LogP contribution in [0, 0.1) is 6.92 Å². The molecule has 1 N–H and O–H groups in total. The summed E-state index contributed by atoms with van der Waals surface area (Å²) in [5.41, 5.74) is 1.87. The van der Waals surface area contributed by atoms with Crippen molar-refractivity contribution in [2.75, 3.05) is 17.5 Å². The zero-order valence-electron chi connectivity index (χ0n) is 24.1. The van der Waals surface area contributed by atoms with Gasteiger partial charge in [0.2, 0.25) is 11.8 Å². The lowest BCUT2D eigenvalue weighted by molar-refractivity contribution is -0.139. The number of sulfonamides is 1. The van der Waals surface area contributed by atoms with Gasteiger partial charge in [0.1, 0.15) is 18.3 Å². The molecule has 2 amide bonds. The van der Waals surface area contributed by atoms with Crippen molar-refractivity contribution in [2.45, 2.75) is 64.6 Å². The van der Waals surface area contributed by atoms with E-state index in [9.17, 15) is 18.0 Å². The van der Waals surface area contributed by atoms with Crippen molar-refractivity contribution in [3.05, 3.63) is 88.9 Å². The summed E-state index contributed by atoms with van der Waals surface area (Å²) in [5.74, 6) is -0.552. The average molecular weight is 600 g/mol. The van der Waals surface area contributed by atoms with E-state index in [-0.39, 0.29) is 29.1 Å². The predicted octanol–water partition coefficient (Wildman–Crippen LogP) is 5.57. The number of anilines is 1. The van der Waals surface area contributed by atoms with Crippen LogP contribution in [0.5, 0.6) is 5.75 Å². The second kappa shape index (κ2) is 14.4. The number of nitrogens with one attached hydrogen (secondary N) is 1. The zero-order valence-corrected chi connectivity index (χ0v) is 25.7. The van der Waals surface area contributed by atoms with Gasteiger partial charge in [-0.2, -0.15) is 0 Å². The summed E-state index contributed by atoms with van der Waals surface area (Å²) in [7, 11) is -4.20. The molecule has 0 unspecified atom stereocenters. The summed E-state index contributed by atoms with van der Waals surface area (Å²) in [4.78, 5) is 28.7. The molecule has 41 heavy (non-hydrogen) atoms. The largest absolute Gasteiger partial charge is 0.492 e. The number of benzene rings is 3. The first-order valence-electron chi connectivity index (χ1n) is 13.6. The number of nitrogens with zero attached hydrogens (tertiary/aromatic N) is 2. The lowest BCUT2D eigenvalue weighted by atomic mass is 10.1. The third-order valence-electron chi connectivity index (χ3n) is 6.76. The van der Waals surface area contributed by atoms with Crippen molar-refractivity contribution in [3.8, 4) is 5.75 Å². The van der Waals surface area contributed by atoms with Gasteiger partial charge in [-0.3, -0.25) is 13.9 Å². The molecule has 2 atom stereocenters. The molecule has 0 aliphatic rings. The van der Waals surface area contributed by atoms with Crippen LogP contribution in [0.4, 0.5) is 5.69 Å². The van der Waals surface area contributed by atoms with Gasteiger partial charge in [-0.05, 0) is 76.1 Å². The van der Waals surface area contributed by atoms with Gasteiger partial charge in [0.05, 0.1) is 17.2 Å². The smallest absolute Gasteiger partial charge is 0.264 e. The first kappa shape index (κ1) is 32.0. The van der Waals surface area contributed by atoms with Crippen molar-refractivity contribution in [2.24, 2.45) is 0 Å². The van der Waals surface area contributed by atoms with Crippen molar-refractivity contribution >= 4 is 39.1 Å². The third kappa shape index (κ3) is 8.24. The highest BCUT2D eigenvalue weighted by Gasteiger charge is 2.34.